The fourth-order valence-corrected chi connectivity index (χ4v) is 3.10. The zero-order valence-corrected chi connectivity index (χ0v) is 13.4. The van der Waals surface area contributed by atoms with Gasteiger partial charge in [0.2, 0.25) is 0 Å². The van der Waals surface area contributed by atoms with E-state index in [-0.39, 0.29) is 0 Å². The van der Waals surface area contributed by atoms with E-state index in [1.807, 2.05) is 41.3 Å². The fraction of sp³-hybridized carbons (Fsp3) is 0. The number of nitrogens with zero attached hydrogens (tertiary/aromatic N) is 4. The quantitative estimate of drug-likeness (QED) is 0.476. The molecular weight excluding hydrogens is 308 g/mol. The largest absolute Gasteiger partial charge is 0.303 e. The van der Waals surface area contributed by atoms with Crippen LogP contribution in [0.1, 0.15) is 0 Å². The van der Waals surface area contributed by atoms with Crippen molar-refractivity contribution in [3.63, 3.8) is 0 Å². The number of hydrogen-bond donors (Lipinski definition) is 0. The van der Waals surface area contributed by atoms with Gasteiger partial charge in [0.15, 0.2) is 0 Å². The topological polar surface area (TPSA) is 43.1 Å². The van der Waals surface area contributed by atoms with Gasteiger partial charge in [0.1, 0.15) is 6.33 Å². The highest BCUT2D eigenvalue weighted by molar-refractivity contribution is 5.88. The van der Waals surface area contributed by atoms with Crippen molar-refractivity contribution >= 4 is 16.4 Å². The minimum Gasteiger partial charge on any atom is -0.303 e. The predicted octanol–water partition coefficient (Wildman–Crippen LogP) is 4.61. The average molecular weight is 322 g/mol. The lowest BCUT2D eigenvalue weighted by atomic mass is 10.1. The summed E-state index contributed by atoms with van der Waals surface area (Å²) < 4.78 is 1.97. The van der Waals surface area contributed by atoms with Crippen molar-refractivity contribution < 1.29 is 0 Å². The van der Waals surface area contributed by atoms with Crippen LogP contribution in [0.25, 0.3) is 38.9 Å². The summed E-state index contributed by atoms with van der Waals surface area (Å²) in [6.07, 6.45) is 7.30. The van der Waals surface area contributed by atoms with E-state index in [0.29, 0.717) is 0 Å². The van der Waals surface area contributed by atoms with Gasteiger partial charge in [-0.25, -0.2) is 9.97 Å². The standard InChI is InChI=1S/C21H14N4/c1-2-4-15(5-3-1)18-9-8-16-6-7-17(12-19(16)24-18)21-20-13-22-10-11-25(20)14-23-21/h1-14H. The number of fused-ring (bicyclic) bond motifs is 2. The molecule has 0 atom stereocenters. The van der Waals surface area contributed by atoms with Crippen molar-refractivity contribution in [2.24, 2.45) is 0 Å². The van der Waals surface area contributed by atoms with E-state index in [9.17, 15) is 0 Å². The Bertz CT molecular complexity index is 1190. The van der Waals surface area contributed by atoms with Gasteiger partial charge in [-0.05, 0) is 12.1 Å². The molecule has 4 heteroatoms. The summed E-state index contributed by atoms with van der Waals surface area (Å²) in [5, 5.41) is 1.12. The number of aromatic nitrogens is 4. The van der Waals surface area contributed by atoms with Crippen LogP contribution >= 0.6 is 0 Å². The van der Waals surface area contributed by atoms with Crippen molar-refractivity contribution in [3.8, 4) is 22.5 Å². The Labute approximate surface area is 144 Å². The Kier molecular flexibility index (Phi) is 3.07. The molecular formula is C21H14N4. The maximum Gasteiger partial charge on any atom is 0.100 e. The molecule has 0 unspecified atom stereocenters. The molecule has 3 heterocycles. The minimum absolute atomic E-state index is 0.918. The molecule has 0 aliphatic carbocycles. The van der Waals surface area contributed by atoms with Gasteiger partial charge in [0.25, 0.3) is 0 Å². The van der Waals surface area contributed by atoms with E-state index >= 15 is 0 Å². The molecule has 4 nitrogen and oxygen atoms in total. The Morgan fingerprint density at radius 3 is 2.64 bits per heavy atom. The van der Waals surface area contributed by atoms with Gasteiger partial charge in [-0.15, -0.1) is 0 Å². The van der Waals surface area contributed by atoms with Gasteiger partial charge in [-0.3, -0.25) is 4.98 Å². The second-order valence-electron chi connectivity index (χ2n) is 5.93. The molecule has 0 bridgehead atoms. The molecule has 0 spiro atoms. The monoisotopic (exact) mass is 322 g/mol. The Morgan fingerprint density at radius 2 is 1.72 bits per heavy atom. The van der Waals surface area contributed by atoms with Crippen molar-refractivity contribution in [1.29, 1.82) is 0 Å². The van der Waals surface area contributed by atoms with Gasteiger partial charge in [-0.1, -0.05) is 48.5 Å². The second kappa shape index (κ2) is 5.53. The molecule has 0 saturated carbocycles. The zero-order valence-electron chi connectivity index (χ0n) is 13.4. The molecule has 3 aromatic heterocycles. The lowest BCUT2D eigenvalue weighted by Crippen LogP contribution is -1.87. The summed E-state index contributed by atoms with van der Waals surface area (Å²) in [6, 6.07) is 20.7. The molecule has 25 heavy (non-hydrogen) atoms. The van der Waals surface area contributed by atoms with Gasteiger partial charge < -0.3 is 4.40 Å². The average Bonchev–Trinajstić information content (AvgIpc) is 3.12. The first-order chi connectivity index (χ1) is 12.4. The molecule has 0 aliphatic rings. The molecule has 5 aromatic rings. The molecule has 0 saturated heterocycles. The normalized spacial score (nSPS) is 11.2. The lowest BCUT2D eigenvalue weighted by Gasteiger charge is -2.05. The Morgan fingerprint density at radius 1 is 0.840 bits per heavy atom. The van der Waals surface area contributed by atoms with E-state index in [1.165, 1.54) is 0 Å². The number of benzene rings is 2. The van der Waals surface area contributed by atoms with Crippen LogP contribution in [0.3, 0.4) is 0 Å². The van der Waals surface area contributed by atoms with E-state index in [2.05, 4.69) is 52.4 Å². The van der Waals surface area contributed by atoms with Crippen LogP contribution in [0.2, 0.25) is 0 Å². The van der Waals surface area contributed by atoms with Crippen LogP contribution < -0.4 is 0 Å². The van der Waals surface area contributed by atoms with Crippen LogP contribution in [0.4, 0.5) is 0 Å². The molecule has 118 valence electrons. The Hall–Kier alpha value is -3.53. The third kappa shape index (κ3) is 2.35. The van der Waals surface area contributed by atoms with Crippen LogP contribution in [-0.4, -0.2) is 19.4 Å². The van der Waals surface area contributed by atoms with Crippen LogP contribution in [0, 0.1) is 0 Å². The molecule has 0 N–H and O–H groups in total. The summed E-state index contributed by atoms with van der Waals surface area (Å²) in [5.74, 6) is 0. The maximum absolute atomic E-state index is 4.85. The fourth-order valence-electron chi connectivity index (χ4n) is 3.10. The van der Waals surface area contributed by atoms with Crippen molar-refractivity contribution in [3.05, 3.63) is 85.6 Å². The highest BCUT2D eigenvalue weighted by Gasteiger charge is 2.09. The molecule has 0 aliphatic heterocycles. The highest BCUT2D eigenvalue weighted by Crippen LogP contribution is 2.27. The van der Waals surface area contributed by atoms with E-state index in [4.69, 9.17) is 4.98 Å². The molecule has 0 radical (unpaired) electrons. The number of rotatable bonds is 2. The second-order valence-corrected chi connectivity index (χ2v) is 5.93. The zero-order chi connectivity index (χ0) is 16.6. The van der Waals surface area contributed by atoms with Gasteiger partial charge >= 0.3 is 0 Å². The predicted molar refractivity (Wildman–Crippen MR) is 99.2 cm³/mol. The van der Waals surface area contributed by atoms with Crippen LogP contribution in [0.5, 0.6) is 0 Å². The van der Waals surface area contributed by atoms with Crippen molar-refractivity contribution in [1.82, 2.24) is 19.4 Å². The highest BCUT2D eigenvalue weighted by atomic mass is 15.0. The minimum atomic E-state index is 0.918. The first-order valence-electron chi connectivity index (χ1n) is 8.12. The lowest BCUT2D eigenvalue weighted by molar-refractivity contribution is 1.11. The summed E-state index contributed by atoms with van der Waals surface area (Å²) in [7, 11) is 0. The molecule has 2 aromatic carbocycles. The van der Waals surface area contributed by atoms with E-state index in [1.54, 1.807) is 6.20 Å². The van der Waals surface area contributed by atoms with E-state index < -0.39 is 0 Å². The third-order valence-corrected chi connectivity index (χ3v) is 4.38. The summed E-state index contributed by atoms with van der Waals surface area (Å²) in [4.78, 5) is 13.6. The first-order valence-corrected chi connectivity index (χ1v) is 8.12. The number of imidazole rings is 1. The summed E-state index contributed by atoms with van der Waals surface area (Å²) in [5.41, 5.74) is 6.00. The molecule has 5 rings (SSSR count). The Balaban J connectivity index is 1.68. The third-order valence-electron chi connectivity index (χ3n) is 4.38. The van der Waals surface area contributed by atoms with Crippen LogP contribution in [0.15, 0.2) is 85.6 Å². The maximum atomic E-state index is 4.85. The van der Waals surface area contributed by atoms with Crippen molar-refractivity contribution in [2.45, 2.75) is 0 Å². The first kappa shape index (κ1) is 13.9. The summed E-state index contributed by atoms with van der Waals surface area (Å²) in [6.45, 7) is 0. The van der Waals surface area contributed by atoms with Gasteiger partial charge in [0.05, 0.1) is 28.6 Å². The molecule has 0 amide bonds. The number of pyridine rings is 1. The van der Waals surface area contributed by atoms with Gasteiger partial charge in [0, 0.05) is 28.9 Å². The van der Waals surface area contributed by atoms with Gasteiger partial charge in [-0.2, -0.15) is 0 Å². The smallest absolute Gasteiger partial charge is 0.100 e. The number of hydrogen-bond acceptors (Lipinski definition) is 3. The van der Waals surface area contributed by atoms with Crippen molar-refractivity contribution in [2.75, 3.05) is 0 Å². The SMILES string of the molecule is c1ccc(-c2ccc3ccc(-c4ncn5ccncc45)cc3n2)cc1. The van der Waals surface area contributed by atoms with E-state index in [0.717, 1.165) is 38.9 Å². The van der Waals surface area contributed by atoms with Crippen LogP contribution in [-0.2, 0) is 0 Å². The molecule has 0 fully saturated rings. The summed E-state index contributed by atoms with van der Waals surface area (Å²) >= 11 is 0.